The van der Waals surface area contributed by atoms with Gasteiger partial charge in [-0.2, -0.15) is 0 Å². The molecule has 1 aliphatic carbocycles. The molecule has 3 aromatic rings. The number of aryl methyl sites for hydroxylation is 1. The Balaban J connectivity index is 1.35. The van der Waals surface area contributed by atoms with Crippen molar-refractivity contribution in [2.24, 2.45) is 0 Å². The quantitative estimate of drug-likeness (QED) is 0.145. The minimum Gasteiger partial charge on any atom is -0.427 e. The van der Waals surface area contributed by atoms with E-state index in [1.807, 2.05) is 19.1 Å². The Kier molecular flexibility index (Phi) is 8.70. The van der Waals surface area contributed by atoms with Crippen molar-refractivity contribution < 1.29 is 29.3 Å². The van der Waals surface area contributed by atoms with Gasteiger partial charge in [0.25, 0.3) is 5.56 Å². The Morgan fingerprint density at radius 1 is 1.00 bits per heavy atom. The van der Waals surface area contributed by atoms with Crippen LogP contribution in [0.4, 0.5) is 0 Å². The van der Waals surface area contributed by atoms with E-state index in [0.717, 1.165) is 42.2 Å². The van der Waals surface area contributed by atoms with E-state index in [4.69, 9.17) is 14.8 Å². The molecule has 2 aliphatic rings. The largest absolute Gasteiger partial charge is 0.427 e. The van der Waals surface area contributed by atoms with Crippen molar-refractivity contribution in [1.82, 2.24) is 9.55 Å². The number of aliphatic hydroxyl groups is 2. The van der Waals surface area contributed by atoms with Crippen molar-refractivity contribution in [2.75, 3.05) is 6.61 Å². The fraction of sp³-hybridized carbons (Fsp3) is 0.485. The summed E-state index contributed by atoms with van der Waals surface area (Å²) in [6.45, 7) is 3.75. The van der Waals surface area contributed by atoms with Gasteiger partial charge in [0.2, 0.25) is 0 Å². The first-order valence-corrected chi connectivity index (χ1v) is 15.0. The predicted octanol–water partition coefficient (Wildman–Crippen LogP) is 4.30. The highest BCUT2D eigenvalue weighted by molar-refractivity contribution is 5.92. The summed E-state index contributed by atoms with van der Waals surface area (Å²) in [5.74, 6) is -0.254. The summed E-state index contributed by atoms with van der Waals surface area (Å²) in [7, 11) is 0. The van der Waals surface area contributed by atoms with Gasteiger partial charge in [0, 0.05) is 41.3 Å². The first-order valence-electron chi connectivity index (χ1n) is 15.0. The zero-order valence-corrected chi connectivity index (χ0v) is 24.3. The molecule has 0 saturated carbocycles. The Bertz CT molecular complexity index is 1620. The number of pyridine rings is 2. The van der Waals surface area contributed by atoms with Crippen molar-refractivity contribution in [3.05, 3.63) is 56.9 Å². The van der Waals surface area contributed by atoms with Crippen LogP contribution in [0.5, 0.6) is 5.75 Å². The van der Waals surface area contributed by atoms with E-state index in [-0.39, 0.29) is 35.9 Å². The summed E-state index contributed by atoms with van der Waals surface area (Å²) < 4.78 is 7.36. The molecule has 9 nitrogen and oxygen atoms in total. The van der Waals surface area contributed by atoms with Gasteiger partial charge in [-0.15, -0.1) is 0 Å². The normalized spacial score (nSPS) is 17.2. The molecule has 0 fully saturated rings. The average molecular weight is 575 g/mol. The highest BCUT2D eigenvalue weighted by atomic mass is 16.5. The van der Waals surface area contributed by atoms with Crippen LogP contribution in [-0.4, -0.2) is 43.9 Å². The Morgan fingerprint density at radius 2 is 1.74 bits per heavy atom. The molecule has 2 aromatic heterocycles. The van der Waals surface area contributed by atoms with Crippen LogP contribution in [0.3, 0.4) is 0 Å². The monoisotopic (exact) mass is 574 g/mol. The van der Waals surface area contributed by atoms with Crippen molar-refractivity contribution in [3.8, 4) is 17.1 Å². The number of carbonyl (C=O) groups is 3. The number of ketones is 2. The standard InChI is InChI=1S/C33H38N2O7/c1-3-22-24-16-21(42-30(39)11-9-7-5-6-8-10-20(37)19-36)12-14-27(24)34-31-25(22)18-35-28(31)17-26-23(32(35)40)13-15-29(38)33(26,41)4-2/h12,14,16-17,36,41H,3-11,13,15,18-19H2,1-2H3/t33-/m0/s1. The number of ether oxygens (including phenoxy) is 1. The van der Waals surface area contributed by atoms with Crippen LogP contribution in [0, 0.1) is 0 Å². The van der Waals surface area contributed by atoms with E-state index in [1.165, 1.54) is 0 Å². The highest BCUT2D eigenvalue weighted by Crippen LogP contribution is 2.41. The number of aliphatic hydroxyl groups excluding tert-OH is 1. The van der Waals surface area contributed by atoms with E-state index in [2.05, 4.69) is 0 Å². The van der Waals surface area contributed by atoms with E-state index in [0.29, 0.717) is 72.4 Å². The molecule has 0 spiro atoms. The lowest BCUT2D eigenvalue weighted by Crippen LogP contribution is -2.43. The van der Waals surface area contributed by atoms with Gasteiger partial charge in [-0.25, -0.2) is 4.98 Å². The maximum atomic E-state index is 13.6. The van der Waals surface area contributed by atoms with Gasteiger partial charge >= 0.3 is 5.97 Å². The number of carbonyl (C=O) groups excluding carboxylic acids is 3. The molecular formula is C33H38N2O7. The SMILES string of the molecule is CCc1c2c(nc3ccc(OC(=O)CCCCCCCC(=O)CO)cc13)-c1cc3c(c(=O)n1C2)CCC(=O)[C@]3(O)CC. The lowest BCUT2D eigenvalue weighted by molar-refractivity contribution is -0.140. The summed E-state index contributed by atoms with van der Waals surface area (Å²) in [4.78, 5) is 54.8. The van der Waals surface area contributed by atoms with Gasteiger partial charge < -0.3 is 19.5 Å². The Labute approximate surface area is 244 Å². The lowest BCUT2D eigenvalue weighted by Gasteiger charge is -2.32. The number of esters is 1. The molecule has 0 saturated heterocycles. The summed E-state index contributed by atoms with van der Waals surface area (Å²) >= 11 is 0. The highest BCUT2D eigenvalue weighted by Gasteiger charge is 2.43. The predicted molar refractivity (Wildman–Crippen MR) is 157 cm³/mol. The van der Waals surface area contributed by atoms with Gasteiger partial charge in [-0.1, -0.05) is 33.1 Å². The van der Waals surface area contributed by atoms with Crippen molar-refractivity contribution in [1.29, 1.82) is 0 Å². The zero-order valence-electron chi connectivity index (χ0n) is 24.3. The smallest absolute Gasteiger partial charge is 0.311 e. The summed E-state index contributed by atoms with van der Waals surface area (Å²) in [5.41, 5.74) is 3.03. The number of unbranched alkanes of at least 4 members (excludes halogenated alkanes) is 4. The van der Waals surface area contributed by atoms with Gasteiger partial charge in [-0.3, -0.25) is 19.2 Å². The zero-order chi connectivity index (χ0) is 30.0. The molecule has 3 heterocycles. The Hall–Kier alpha value is -3.69. The van der Waals surface area contributed by atoms with Crippen LogP contribution in [-0.2, 0) is 39.4 Å². The van der Waals surface area contributed by atoms with Crippen molar-refractivity contribution in [3.63, 3.8) is 0 Å². The summed E-state index contributed by atoms with van der Waals surface area (Å²) in [6, 6.07) is 7.16. The van der Waals surface area contributed by atoms with Crippen molar-refractivity contribution >= 4 is 28.4 Å². The van der Waals surface area contributed by atoms with Crippen LogP contribution in [0.25, 0.3) is 22.3 Å². The van der Waals surface area contributed by atoms with E-state index >= 15 is 0 Å². The van der Waals surface area contributed by atoms with E-state index in [1.54, 1.807) is 23.6 Å². The van der Waals surface area contributed by atoms with Crippen LogP contribution < -0.4 is 10.3 Å². The van der Waals surface area contributed by atoms with Gasteiger partial charge in [0.1, 0.15) is 18.0 Å². The third-order valence-corrected chi connectivity index (χ3v) is 8.75. The average Bonchev–Trinajstić information content (AvgIpc) is 3.35. The second-order valence-electron chi connectivity index (χ2n) is 11.3. The maximum Gasteiger partial charge on any atom is 0.311 e. The number of Topliss-reactive ketones (excluding diaryl/α,β-unsaturated/α-hetero) is 2. The van der Waals surface area contributed by atoms with E-state index < -0.39 is 12.2 Å². The molecule has 1 aromatic carbocycles. The second kappa shape index (κ2) is 12.3. The first kappa shape index (κ1) is 29.8. The van der Waals surface area contributed by atoms with E-state index in [9.17, 15) is 24.3 Å². The van der Waals surface area contributed by atoms with Crippen LogP contribution in [0.15, 0.2) is 29.1 Å². The molecule has 1 aliphatic heterocycles. The topological polar surface area (TPSA) is 136 Å². The van der Waals surface area contributed by atoms with Crippen LogP contribution in [0.1, 0.15) is 93.9 Å². The molecule has 1 atom stereocenters. The van der Waals surface area contributed by atoms with Gasteiger partial charge in [0.05, 0.1) is 23.4 Å². The minimum atomic E-state index is -1.66. The fourth-order valence-corrected chi connectivity index (χ4v) is 6.37. The molecule has 9 heteroatoms. The molecule has 0 radical (unpaired) electrons. The number of fused-ring (bicyclic) bond motifs is 5. The summed E-state index contributed by atoms with van der Waals surface area (Å²) in [5, 5.41) is 20.9. The third kappa shape index (κ3) is 5.43. The first-order chi connectivity index (χ1) is 20.2. The fourth-order valence-electron chi connectivity index (χ4n) is 6.37. The minimum absolute atomic E-state index is 0.139. The molecule has 0 bridgehead atoms. The molecule has 42 heavy (non-hydrogen) atoms. The lowest BCUT2D eigenvalue weighted by atomic mass is 9.77. The van der Waals surface area contributed by atoms with Gasteiger partial charge in [-0.05, 0) is 61.9 Å². The molecule has 2 N–H and O–H groups in total. The second-order valence-corrected chi connectivity index (χ2v) is 11.3. The third-order valence-electron chi connectivity index (χ3n) is 8.75. The molecule has 0 amide bonds. The van der Waals surface area contributed by atoms with Gasteiger partial charge in [0.15, 0.2) is 11.6 Å². The number of nitrogens with zero attached hydrogens (tertiary/aromatic N) is 2. The Morgan fingerprint density at radius 3 is 2.45 bits per heavy atom. The van der Waals surface area contributed by atoms with Crippen molar-refractivity contribution in [2.45, 2.75) is 96.6 Å². The number of benzene rings is 1. The molecular weight excluding hydrogens is 536 g/mol. The molecule has 222 valence electrons. The number of aromatic nitrogens is 2. The molecule has 0 unspecified atom stereocenters. The maximum absolute atomic E-state index is 13.6. The number of hydrogen-bond donors (Lipinski definition) is 2. The summed E-state index contributed by atoms with van der Waals surface area (Å²) in [6.07, 6.45) is 6.17. The molecule has 5 rings (SSSR count). The number of hydrogen-bond acceptors (Lipinski definition) is 8. The van der Waals surface area contributed by atoms with Crippen LogP contribution in [0.2, 0.25) is 0 Å². The van der Waals surface area contributed by atoms with Crippen LogP contribution >= 0.6 is 0 Å². The number of rotatable bonds is 12.